The van der Waals surface area contributed by atoms with Crippen molar-refractivity contribution in [3.8, 4) is 17.1 Å². The Bertz CT molecular complexity index is 582. The number of ether oxygens (including phenoxy) is 1. The van der Waals surface area contributed by atoms with Crippen molar-refractivity contribution < 1.29 is 9.53 Å². The molecule has 0 spiro atoms. The Balaban J connectivity index is 2.36. The molecule has 1 heterocycles. The molecule has 0 saturated carbocycles. The molecule has 0 N–H and O–H groups in total. The van der Waals surface area contributed by atoms with Gasteiger partial charge in [-0.2, -0.15) is 0 Å². The summed E-state index contributed by atoms with van der Waals surface area (Å²) in [6.45, 7) is 5.48. The van der Waals surface area contributed by atoms with Crippen molar-refractivity contribution in [1.82, 2.24) is 15.0 Å². The van der Waals surface area contributed by atoms with Gasteiger partial charge in [0.2, 0.25) is 0 Å². The van der Waals surface area contributed by atoms with Crippen LogP contribution in [0.3, 0.4) is 0 Å². The highest BCUT2D eigenvalue weighted by Gasteiger charge is 2.14. The maximum Gasteiger partial charge on any atom is 0.313 e. The van der Waals surface area contributed by atoms with Gasteiger partial charge in [0.15, 0.2) is 5.82 Å². The summed E-state index contributed by atoms with van der Waals surface area (Å²) in [4.78, 5) is 23.6. The summed E-state index contributed by atoms with van der Waals surface area (Å²) in [6.07, 6.45) is 2.88. The van der Waals surface area contributed by atoms with Crippen molar-refractivity contribution in [2.24, 2.45) is 5.92 Å². The number of aromatic nitrogens is 3. The molecule has 5 heteroatoms. The molecular formula is C14H15N3O2. The SMILES string of the molecule is Cc1c(OC(=O)C(C)C)cccc1-c1ncncn1. The number of hydrogen-bond donors (Lipinski definition) is 0. The van der Waals surface area contributed by atoms with Crippen LogP contribution in [0.2, 0.25) is 0 Å². The zero-order valence-corrected chi connectivity index (χ0v) is 11.1. The number of esters is 1. The Kier molecular flexibility index (Phi) is 3.85. The smallest absolute Gasteiger partial charge is 0.313 e. The largest absolute Gasteiger partial charge is 0.426 e. The Labute approximate surface area is 111 Å². The van der Waals surface area contributed by atoms with Crippen LogP contribution in [0.1, 0.15) is 19.4 Å². The fourth-order valence-electron chi connectivity index (χ4n) is 1.57. The second-order valence-electron chi connectivity index (χ2n) is 4.47. The first-order valence-electron chi connectivity index (χ1n) is 6.03. The average Bonchev–Trinajstić information content (AvgIpc) is 2.42. The molecule has 0 saturated heterocycles. The molecule has 1 aromatic heterocycles. The van der Waals surface area contributed by atoms with Gasteiger partial charge in [-0.1, -0.05) is 26.0 Å². The summed E-state index contributed by atoms with van der Waals surface area (Å²) in [5.41, 5.74) is 1.67. The van der Waals surface area contributed by atoms with Crippen LogP contribution in [0.25, 0.3) is 11.4 Å². The molecule has 0 bridgehead atoms. The maximum atomic E-state index is 11.6. The molecule has 0 aliphatic rings. The summed E-state index contributed by atoms with van der Waals surface area (Å²) in [6, 6.07) is 5.47. The number of benzene rings is 1. The second-order valence-corrected chi connectivity index (χ2v) is 4.47. The zero-order valence-electron chi connectivity index (χ0n) is 11.1. The first-order valence-corrected chi connectivity index (χ1v) is 6.03. The fourth-order valence-corrected chi connectivity index (χ4v) is 1.57. The lowest BCUT2D eigenvalue weighted by Crippen LogP contribution is -2.15. The van der Waals surface area contributed by atoms with E-state index in [0.717, 1.165) is 11.1 Å². The first kappa shape index (κ1) is 13.1. The normalized spacial score (nSPS) is 10.5. The number of carbonyl (C=O) groups is 1. The molecular weight excluding hydrogens is 242 g/mol. The van der Waals surface area contributed by atoms with E-state index in [9.17, 15) is 4.79 Å². The van der Waals surface area contributed by atoms with E-state index in [2.05, 4.69) is 15.0 Å². The van der Waals surface area contributed by atoms with E-state index < -0.39 is 0 Å². The Morgan fingerprint density at radius 3 is 2.53 bits per heavy atom. The minimum absolute atomic E-state index is 0.166. The third-order valence-corrected chi connectivity index (χ3v) is 2.70. The fraction of sp³-hybridized carbons (Fsp3) is 0.286. The van der Waals surface area contributed by atoms with Gasteiger partial charge in [0.05, 0.1) is 5.92 Å². The third kappa shape index (κ3) is 2.93. The Morgan fingerprint density at radius 2 is 1.89 bits per heavy atom. The highest BCUT2D eigenvalue weighted by Crippen LogP contribution is 2.27. The number of rotatable bonds is 3. The summed E-state index contributed by atoms with van der Waals surface area (Å²) >= 11 is 0. The highest BCUT2D eigenvalue weighted by atomic mass is 16.5. The zero-order chi connectivity index (χ0) is 13.8. The van der Waals surface area contributed by atoms with Crippen LogP contribution in [0.4, 0.5) is 0 Å². The molecule has 2 aromatic rings. The van der Waals surface area contributed by atoms with Gasteiger partial charge < -0.3 is 4.74 Å². The molecule has 19 heavy (non-hydrogen) atoms. The van der Waals surface area contributed by atoms with E-state index in [4.69, 9.17) is 4.74 Å². The lowest BCUT2D eigenvalue weighted by Gasteiger charge is -2.11. The molecule has 0 unspecified atom stereocenters. The van der Waals surface area contributed by atoms with Crippen molar-refractivity contribution in [2.75, 3.05) is 0 Å². The van der Waals surface area contributed by atoms with Crippen LogP contribution in [0.15, 0.2) is 30.9 Å². The van der Waals surface area contributed by atoms with E-state index in [-0.39, 0.29) is 11.9 Å². The van der Waals surface area contributed by atoms with Gasteiger partial charge in [0.1, 0.15) is 18.4 Å². The van der Waals surface area contributed by atoms with Gasteiger partial charge in [-0.3, -0.25) is 4.79 Å². The first-order chi connectivity index (χ1) is 9.09. The molecule has 0 aliphatic carbocycles. The van der Waals surface area contributed by atoms with Gasteiger partial charge in [-0.05, 0) is 13.0 Å². The minimum Gasteiger partial charge on any atom is -0.426 e. The van der Waals surface area contributed by atoms with Gasteiger partial charge in [-0.15, -0.1) is 0 Å². The second kappa shape index (κ2) is 5.56. The molecule has 0 radical (unpaired) electrons. The minimum atomic E-state index is -0.254. The molecule has 0 atom stereocenters. The lowest BCUT2D eigenvalue weighted by atomic mass is 10.1. The van der Waals surface area contributed by atoms with Crippen molar-refractivity contribution in [2.45, 2.75) is 20.8 Å². The van der Waals surface area contributed by atoms with E-state index in [1.807, 2.05) is 19.1 Å². The van der Waals surface area contributed by atoms with E-state index in [0.29, 0.717) is 11.6 Å². The lowest BCUT2D eigenvalue weighted by molar-refractivity contribution is -0.137. The van der Waals surface area contributed by atoms with Crippen LogP contribution >= 0.6 is 0 Å². The van der Waals surface area contributed by atoms with Crippen molar-refractivity contribution in [3.63, 3.8) is 0 Å². The average molecular weight is 257 g/mol. The van der Waals surface area contributed by atoms with Crippen LogP contribution in [-0.2, 0) is 4.79 Å². The van der Waals surface area contributed by atoms with Crippen LogP contribution < -0.4 is 4.74 Å². The van der Waals surface area contributed by atoms with Gasteiger partial charge in [0, 0.05) is 11.1 Å². The van der Waals surface area contributed by atoms with Gasteiger partial charge in [0.25, 0.3) is 0 Å². The van der Waals surface area contributed by atoms with Crippen LogP contribution in [0, 0.1) is 12.8 Å². The molecule has 5 nitrogen and oxygen atoms in total. The molecule has 1 aromatic carbocycles. The number of carbonyl (C=O) groups excluding carboxylic acids is 1. The predicted octanol–water partition coefficient (Wildman–Crippen LogP) is 2.41. The van der Waals surface area contributed by atoms with E-state index in [1.165, 1.54) is 12.7 Å². The van der Waals surface area contributed by atoms with E-state index in [1.54, 1.807) is 19.9 Å². The third-order valence-electron chi connectivity index (χ3n) is 2.70. The summed E-state index contributed by atoms with van der Waals surface area (Å²) in [5.74, 6) is 0.683. The summed E-state index contributed by atoms with van der Waals surface area (Å²) in [7, 11) is 0. The topological polar surface area (TPSA) is 65.0 Å². The van der Waals surface area contributed by atoms with Gasteiger partial charge in [-0.25, -0.2) is 15.0 Å². The number of nitrogens with zero attached hydrogens (tertiary/aromatic N) is 3. The van der Waals surface area contributed by atoms with Gasteiger partial charge >= 0.3 is 5.97 Å². The predicted molar refractivity (Wildman–Crippen MR) is 70.5 cm³/mol. The molecule has 0 aliphatic heterocycles. The highest BCUT2D eigenvalue weighted by molar-refractivity contribution is 5.76. The van der Waals surface area contributed by atoms with Crippen molar-refractivity contribution in [3.05, 3.63) is 36.4 Å². The molecule has 2 rings (SSSR count). The standard InChI is InChI=1S/C14H15N3O2/c1-9(2)14(18)19-12-6-4-5-11(10(12)3)13-16-7-15-8-17-13/h4-9H,1-3H3. The molecule has 0 fully saturated rings. The Morgan fingerprint density at radius 1 is 1.21 bits per heavy atom. The summed E-state index contributed by atoms with van der Waals surface area (Å²) in [5, 5.41) is 0. The van der Waals surface area contributed by atoms with Crippen LogP contribution in [-0.4, -0.2) is 20.9 Å². The van der Waals surface area contributed by atoms with Crippen molar-refractivity contribution in [1.29, 1.82) is 0 Å². The Hall–Kier alpha value is -2.30. The monoisotopic (exact) mass is 257 g/mol. The summed E-state index contributed by atoms with van der Waals surface area (Å²) < 4.78 is 5.36. The van der Waals surface area contributed by atoms with Crippen LogP contribution in [0.5, 0.6) is 5.75 Å². The number of hydrogen-bond acceptors (Lipinski definition) is 5. The molecule has 0 amide bonds. The quantitative estimate of drug-likeness (QED) is 0.624. The van der Waals surface area contributed by atoms with E-state index >= 15 is 0 Å². The van der Waals surface area contributed by atoms with Crippen molar-refractivity contribution >= 4 is 5.97 Å². The molecule has 98 valence electrons. The maximum absolute atomic E-state index is 11.6.